The van der Waals surface area contributed by atoms with Crippen molar-refractivity contribution in [1.29, 1.82) is 5.26 Å². The zero-order chi connectivity index (χ0) is 16.2. The van der Waals surface area contributed by atoms with E-state index in [2.05, 4.69) is 11.1 Å². The minimum Gasteiger partial charge on any atom is -0.306 e. The van der Waals surface area contributed by atoms with Gasteiger partial charge in [0.05, 0.1) is 28.4 Å². The Kier molecular flexibility index (Phi) is 4.35. The second kappa shape index (κ2) is 6.59. The van der Waals surface area contributed by atoms with Crippen LogP contribution in [0.25, 0.3) is 10.2 Å². The van der Waals surface area contributed by atoms with Gasteiger partial charge in [0.1, 0.15) is 5.01 Å². The average Bonchev–Trinajstić information content (AvgIpc) is 3.01. The van der Waals surface area contributed by atoms with E-state index >= 15 is 0 Å². The van der Waals surface area contributed by atoms with Gasteiger partial charge in [0.15, 0.2) is 0 Å². The summed E-state index contributed by atoms with van der Waals surface area (Å²) in [7, 11) is 0. The molecule has 2 aromatic carbocycles. The standard InChI is InChI=1S/C18H15N3OS/c1-2-18(22)21(14-7-5-6-13(10-14)11-19)12-17-20-15-8-3-4-9-16(15)23-17/h3-10H,2,12H2,1H3. The maximum absolute atomic E-state index is 12.4. The molecule has 0 fully saturated rings. The van der Waals surface area contributed by atoms with E-state index in [1.54, 1.807) is 34.4 Å². The van der Waals surface area contributed by atoms with Crippen molar-refractivity contribution in [3.63, 3.8) is 0 Å². The molecule has 3 rings (SSSR count). The quantitative estimate of drug-likeness (QED) is 0.726. The SMILES string of the molecule is CCC(=O)N(Cc1nc2ccccc2s1)c1cccc(C#N)c1. The molecule has 0 aliphatic heterocycles. The molecule has 0 saturated carbocycles. The van der Waals surface area contributed by atoms with E-state index in [-0.39, 0.29) is 5.91 Å². The molecule has 0 aliphatic rings. The molecule has 0 spiro atoms. The normalized spacial score (nSPS) is 10.4. The first-order chi connectivity index (χ1) is 11.2. The van der Waals surface area contributed by atoms with Crippen LogP contribution in [0.4, 0.5) is 5.69 Å². The largest absolute Gasteiger partial charge is 0.306 e. The molecule has 1 amide bonds. The van der Waals surface area contributed by atoms with Gasteiger partial charge in [0.2, 0.25) is 5.91 Å². The summed E-state index contributed by atoms with van der Waals surface area (Å²) in [6.07, 6.45) is 0.404. The topological polar surface area (TPSA) is 57.0 Å². The minimum atomic E-state index is 0.0133. The molecule has 1 heterocycles. The monoisotopic (exact) mass is 321 g/mol. The summed E-state index contributed by atoms with van der Waals surface area (Å²) in [5, 5.41) is 9.95. The van der Waals surface area contributed by atoms with E-state index in [1.807, 2.05) is 37.3 Å². The number of thiazole rings is 1. The van der Waals surface area contributed by atoms with Gasteiger partial charge in [-0.2, -0.15) is 5.26 Å². The predicted molar refractivity (Wildman–Crippen MR) is 92.3 cm³/mol. The van der Waals surface area contributed by atoms with Crippen molar-refractivity contribution >= 4 is 33.1 Å². The summed E-state index contributed by atoms with van der Waals surface area (Å²) in [6, 6.07) is 17.2. The lowest BCUT2D eigenvalue weighted by Crippen LogP contribution is -2.29. The molecule has 0 bridgehead atoms. The third-order valence-corrected chi connectivity index (χ3v) is 4.54. The van der Waals surface area contributed by atoms with Crippen molar-refractivity contribution in [2.45, 2.75) is 19.9 Å². The van der Waals surface area contributed by atoms with Crippen LogP contribution in [-0.2, 0) is 11.3 Å². The lowest BCUT2D eigenvalue weighted by molar-refractivity contribution is -0.118. The van der Waals surface area contributed by atoms with E-state index in [0.29, 0.717) is 18.5 Å². The molecule has 0 radical (unpaired) electrons. The lowest BCUT2D eigenvalue weighted by Gasteiger charge is -2.21. The van der Waals surface area contributed by atoms with Gasteiger partial charge in [-0.25, -0.2) is 4.98 Å². The van der Waals surface area contributed by atoms with Crippen molar-refractivity contribution < 1.29 is 4.79 Å². The van der Waals surface area contributed by atoms with E-state index in [1.165, 1.54) is 0 Å². The molecular formula is C18H15N3OS. The van der Waals surface area contributed by atoms with Gasteiger partial charge in [0.25, 0.3) is 0 Å². The highest BCUT2D eigenvalue weighted by Crippen LogP contribution is 2.25. The maximum Gasteiger partial charge on any atom is 0.227 e. The number of hydrogen-bond donors (Lipinski definition) is 0. The fraction of sp³-hybridized carbons (Fsp3) is 0.167. The highest BCUT2D eigenvalue weighted by atomic mass is 32.1. The molecule has 0 unspecified atom stereocenters. The number of hydrogen-bond acceptors (Lipinski definition) is 4. The summed E-state index contributed by atoms with van der Waals surface area (Å²) in [5.74, 6) is 0.0133. The molecule has 0 atom stereocenters. The summed E-state index contributed by atoms with van der Waals surface area (Å²) in [6.45, 7) is 2.25. The number of anilines is 1. The Bertz CT molecular complexity index is 861. The molecule has 1 aromatic heterocycles. The third-order valence-electron chi connectivity index (χ3n) is 3.52. The van der Waals surface area contributed by atoms with Crippen LogP contribution in [0.1, 0.15) is 23.9 Å². The number of amides is 1. The van der Waals surface area contributed by atoms with Crippen LogP contribution in [0.5, 0.6) is 0 Å². The van der Waals surface area contributed by atoms with Gasteiger partial charge >= 0.3 is 0 Å². The summed E-state index contributed by atoms with van der Waals surface area (Å²) < 4.78 is 1.11. The molecule has 4 nitrogen and oxygen atoms in total. The van der Waals surface area contributed by atoms with Crippen LogP contribution in [-0.4, -0.2) is 10.9 Å². The Morgan fingerprint density at radius 1 is 1.26 bits per heavy atom. The molecule has 5 heteroatoms. The number of carbonyl (C=O) groups is 1. The van der Waals surface area contributed by atoms with Gasteiger partial charge in [0, 0.05) is 12.1 Å². The van der Waals surface area contributed by atoms with Crippen LogP contribution >= 0.6 is 11.3 Å². The zero-order valence-electron chi connectivity index (χ0n) is 12.7. The first kappa shape index (κ1) is 15.2. The number of para-hydroxylation sites is 1. The molecular weight excluding hydrogens is 306 g/mol. The van der Waals surface area contributed by atoms with E-state index in [4.69, 9.17) is 5.26 Å². The lowest BCUT2D eigenvalue weighted by atomic mass is 10.2. The predicted octanol–water partition coefficient (Wildman–Crippen LogP) is 4.11. The van der Waals surface area contributed by atoms with Crippen LogP contribution in [0, 0.1) is 11.3 Å². The minimum absolute atomic E-state index is 0.0133. The van der Waals surface area contributed by atoms with Gasteiger partial charge in [-0.1, -0.05) is 25.1 Å². The van der Waals surface area contributed by atoms with E-state index in [0.717, 1.165) is 20.9 Å². The van der Waals surface area contributed by atoms with Crippen LogP contribution in [0.2, 0.25) is 0 Å². The Hall–Kier alpha value is -2.71. The number of nitriles is 1. The Labute approximate surface area is 138 Å². The number of carbonyl (C=O) groups excluding carboxylic acids is 1. The summed E-state index contributed by atoms with van der Waals surface area (Å²) in [5.41, 5.74) is 2.22. The number of fused-ring (bicyclic) bond motifs is 1. The van der Waals surface area contributed by atoms with Crippen molar-refractivity contribution in [3.05, 3.63) is 59.1 Å². The zero-order valence-corrected chi connectivity index (χ0v) is 13.5. The Morgan fingerprint density at radius 2 is 2.09 bits per heavy atom. The second-order valence-electron chi connectivity index (χ2n) is 5.07. The second-order valence-corrected chi connectivity index (χ2v) is 6.19. The summed E-state index contributed by atoms with van der Waals surface area (Å²) >= 11 is 1.59. The first-order valence-electron chi connectivity index (χ1n) is 7.36. The van der Waals surface area contributed by atoms with Crippen LogP contribution < -0.4 is 4.90 Å². The van der Waals surface area contributed by atoms with Crippen molar-refractivity contribution in [3.8, 4) is 6.07 Å². The molecule has 0 aliphatic carbocycles. The van der Waals surface area contributed by atoms with E-state index < -0.39 is 0 Å². The number of rotatable bonds is 4. The van der Waals surface area contributed by atoms with Crippen molar-refractivity contribution in [2.24, 2.45) is 0 Å². The fourth-order valence-corrected chi connectivity index (χ4v) is 3.34. The first-order valence-corrected chi connectivity index (χ1v) is 8.18. The average molecular weight is 321 g/mol. The van der Waals surface area contributed by atoms with Crippen LogP contribution in [0.15, 0.2) is 48.5 Å². The molecule has 0 saturated heterocycles. The number of nitrogens with zero attached hydrogens (tertiary/aromatic N) is 3. The van der Waals surface area contributed by atoms with Gasteiger partial charge in [-0.15, -0.1) is 11.3 Å². The molecule has 114 valence electrons. The highest BCUT2D eigenvalue weighted by Gasteiger charge is 2.17. The smallest absolute Gasteiger partial charge is 0.227 e. The van der Waals surface area contributed by atoms with E-state index in [9.17, 15) is 4.79 Å². The number of aromatic nitrogens is 1. The Morgan fingerprint density at radius 3 is 2.83 bits per heavy atom. The van der Waals surface area contributed by atoms with Gasteiger partial charge in [-0.05, 0) is 30.3 Å². The van der Waals surface area contributed by atoms with Crippen molar-refractivity contribution in [1.82, 2.24) is 4.98 Å². The summed E-state index contributed by atoms with van der Waals surface area (Å²) in [4.78, 5) is 18.6. The van der Waals surface area contributed by atoms with Gasteiger partial charge in [-0.3, -0.25) is 4.79 Å². The molecule has 3 aromatic rings. The maximum atomic E-state index is 12.4. The molecule has 23 heavy (non-hydrogen) atoms. The van der Waals surface area contributed by atoms with Crippen molar-refractivity contribution in [2.75, 3.05) is 4.90 Å². The van der Waals surface area contributed by atoms with Gasteiger partial charge < -0.3 is 4.90 Å². The molecule has 0 N–H and O–H groups in total. The third kappa shape index (κ3) is 3.22. The number of benzene rings is 2. The highest BCUT2D eigenvalue weighted by molar-refractivity contribution is 7.18. The fourth-order valence-electron chi connectivity index (χ4n) is 2.38. The Balaban J connectivity index is 1.96. The van der Waals surface area contributed by atoms with Crippen LogP contribution in [0.3, 0.4) is 0 Å².